The van der Waals surface area contributed by atoms with Gasteiger partial charge in [0.25, 0.3) is 0 Å². The third-order valence-corrected chi connectivity index (χ3v) is 5.42. The summed E-state index contributed by atoms with van der Waals surface area (Å²) in [4.78, 5) is 0. The largest absolute Gasteiger partial charge is 0.497 e. The second kappa shape index (κ2) is 11.4. The van der Waals surface area contributed by atoms with Gasteiger partial charge in [-0.1, -0.05) is 61.7 Å². The first kappa shape index (κ1) is 24.9. The first-order valence-corrected chi connectivity index (χ1v) is 10.9. The van der Waals surface area contributed by atoms with Crippen LogP contribution in [0.3, 0.4) is 0 Å². The molecule has 0 radical (unpaired) electrons. The molecule has 3 aromatic rings. The van der Waals surface area contributed by atoms with E-state index in [4.69, 9.17) is 9.47 Å². The number of rotatable bonds is 10. The Balaban J connectivity index is 1.71. The minimum Gasteiger partial charge on any atom is -0.497 e. The van der Waals surface area contributed by atoms with Crippen LogP contribution in [0.25, 0.3) is 22.3 Å². The van der Waals surface area contributed by atoms with E-state index in [1.54, 1.807) is 62.6 Å². The first-order valence-electron chi connectivity index (χ1n) is 10.9. The van der Waals surface area contributed by atoms with Crippen molar-refractivity contribution in [2.24, 2.45) is 0 Å². The average Bonchev–Trinajstić information content (AvgIpc) is 2.85. The molecule has 0 aliphatic heterocycles. The Morgan fingerprint density at radius 3 is 1.88 bits per heavy atom. The van der Waals surface area contributed by atoms with Gasteiger partial charge in [0.1, 0.15) is 17.3 Å². The van der Waals surface area contributed by atoms with E-state index in [-0.39, 0.29) is 16.9 Å². The fourth-order valence-corrected chi connectivity index (χ4v) is 3.50. The molecule has 0 heterocycles. The monoisotopic (exact) mass is 464 g/mol. The minimum atomic E-state index is -0.906. The summed E-state index contributed by atoms with van der Waals surface area (Å²) in [5, 5.41) is 0. The third-order valence-electron chi connectivity index (χ3n) is 5.42. The zero-order valence-corrected chi connectivity index (χ0v) is 19.3. The number of benzene rings is 3. The topological polar surface area (TPSA) is 18.5 Å². The van der Waals surface area contributed by atoms with Gasteiger partial charge in [0, 0.05) is 17.2 Å². The molecule has 0 saturated heterocycles. The van der Waals surface area contributed by atoms with E-state index in [0.29, 0.717) is 41.9 Å². The Hall–Kier alpha value is -3.73. The van der Waals surface area contributed by atoms with Crippen LogP contribution < -0.4 is 4.74 Å². The van der Waals surface area contributed by atoms with Gasteiger partial charge >= 0.3 is 0 Å². The number of methoxy groups -OCH3 is 1. The van der Waals surface area contributed by atoms with E-state index in [0.717, 1.165) is 5.56 Å². The molecule has 0 spiro atoms. The quantitative estimate of drug-likeness (QED) is 0.222. The Morgan fingerprint density at radius 2 is 1.38 bits per heavy atom. The SMILES string of the molecule is C=C(/C=C(/F)C(=C)CCc1ccc(-c2ccc(-c3ccc(OC)cc3)c(F)c2F)cc1)OCC. The van der Waals surface area contributed by atoms with Gasteiger partial charge in [-0.3, -0.25) is 0 Å². The van der Waals surface area contributed by atoms with Crippen LogP contribution in [0.5, 0.6) is 5.75 Å². The molecule has 2 nitrogen and oxygen atoms in total. The number of hydrogen-bond acceptors (Lipinski definition) is 2. The van der Waals surface area contributed by atoms with Crippen molar-refractivity contribution in [3.05, 3.63) is 114 Å². The fraction of sp³-hybridized carbons (Fsp3) is 0.172. The summed E-state index contributed by atoms with van der Waals surface area (Å²) in [6, 6.07) is 17.0. The highest BCUT2D eigenvalue weighted by Crippen LogP contribution is 2.32. The van der Waals surface area contributed by atoms with Gasteiger partial charge in [0.2, 0.25) is 0 Å². The maximum Gasteiger partial charge on any atom is 0.167 e. The predicted molar refractivity (Wildman–Crippen MR) is 131 cm³/mol. The standard InChI is InChI=1S/C29H27F3O2/c1-5-34-20(3)18-27(30)19(2)6-7-21-8-10-22(11-9-21)25-16-17-26(29(32)28(25)31)23-12-14-24(33-4)15-13-23/h8-18H,2-3,5-7H2,1,4H3/b27-18+. The molecule has 0 unspecified atom stereocenters. The van der Waals surface area contributed by atoms with Gasteiger partial charge in [-0.05, 0) is 54.2 Å². The zero-order chi connectivity index (χ0) is 24.7. The summed E-state index contributed by atoms with van der Waals surface area (Å²) in [6.07, 6.45) is 2.18. The van der Waals surface area contributed by atoms with Crippen LogP contribution in [0.4, 0.5) is 13.2 Å². The van der Waals surface area contributed by atoms with Gasteiger partial charge in [0.05, 0.1) is 13.7 Å². The first-order chi connectivity index (χ1) is 16.3. The molecule has 0 amide bonds. The molecule has 0 fully saturated rings. The maximum atomic E-state index is 14.9. The Labute approximate surface area is 198 Å². The lowest BCUT2D eigenvalue weighted by molar-refractivity contribution is 0.243. The van der Waals surface area contributed by atoms with Crippen LogP contribution in [0.2, 0.25) is 0 Å². The summed E-state index contributed by atoms with van der Waals surface area (Å²) in [5.41, 5.74) is 2.74. The number of aryl methyl sites for hydroxylation is 1. The number of allylic oxidation sites excluding steroid dienone is 3. The highest BCUT2D eigenvalue weighted by Gasteiger charge is 2.16. The van der Waals surface area contributed by atoms with E-state index < -0.39 is 17.5 Å². The van der Waals surface area contributed by atoms with Gasteiger partial charge in [-0.25, -0.2) is 13.2 Å². The van der Waals surface area contributed by atoms with Crippen molar-refractivity contribution in [2.45, 2.75) is 19.8 Å². The summed E-state index contributed by atoms with van der Waals surface area (Å²) >= 11 is 0. The van der Waals surface area contributed by atoms with Crippen molar-refractivity contribution < 1.29 is 22.6 Å². The van der Waals surface area contributed by atoms with E-state index in [2.05, 4.69) is 13.2 Å². The lowest BCUT2D eigenvalue weighted by Crippen LogP contribution is -1.95. The van der Waals surface area contributed by atoms with Gasteiger partial charge in [-0.2, -0.15) is 0 Å². The van der Waals surface area contributed by atoms with E-state index in [1.807, 2.05) is 12.1 Å². The maximum absolute atomic E-state index is 14.9. The number of hydrogen-bond donors (Lipinski definition) is 0. The van der Waals surface area contributed by atoms with Gasteiger partial charge in [0.15, 0.2) is 11.6 Å². The molecule has 176 valence electrons. The second-order valence-corrected chi connectivity index (χ2v) is 7.71. The highest BCUT2D eigenvalue weighted by atomic mass is 19.2. The van der Waals surface area contributed by atoms with Crippen LogP contribution >= 0.6 is 0 Å². The van der Waals surface area contributed by atoms with Crippen molar-refractivity contribution in [1.29, 1.82) is 0 Å². The Kier molecular flexibility index (Phi) is 8.36. The molecule has 3 rings (SSSR count). The second-order valence-electron chi connectivity index (χ2n) is 7.71. The summed E-state index contributed by atoms with van der Waals surface area (Å²) in [7, 11) is 1.54. The molecule has 0 N–H and O–H groups in total. The molecular weight excluding hydrogens is 437 g/mol. The predicted octanol–water partition coefficient (Wildman–Crippen LogP) is 8.20. The zero-order valence-electron chi connectivity index (χ0n) is 19.3. The normalized spacial score (nSPS) is 11.3. The third kappa shape index (κ3) is 5.98. The molecule has 5 heteroatoms. The molecule has 0 aromatic heterocycles. The molecular formula is C29H27F3O2. The Bertz CT molecular complexity index is 1190. The molecule has 0 atom stereocenters. The summed E-state index contributed by atoms with van der Waals surface area (Å²) < 4.78 is 54.2. The Morgan fingerprint density at radius 1 is 0.853 bits per heavy atom. The lowest BCUT2D eigenvalue weighted by Gasteiger charge is -2.11. The molecule has 0 aliphatic carbocycles. The van der Waals surface area contributed by atoms with Crippen LogP contribution in [0, 0.1) is 11.6 Å². The molecule has 0 aliphatic rings. The molecule has 0 bridgehead atoms. The van der Waals surface area contributed by atoms with E-state index >= 15 is 0 Å². The molecule has 34 heavy (non-hydrogen) atoms. The van der Waals surface area contributed by atoms with Crippen LogP contribution in [0.1, 0.15) is 18.9 Å². The van der Waals surface area contributed by atoms with E-state index in [1.165, 1.54) is 6.08 Å². The van der Waals surface area contributed by atoms with Crippen molar-refractivity contribution >= 4 is 0 Å². The smallest absolute Gasteiger partial charge is 0.167 e. The fourth-order valence-electron chi connectivity index (χ4n) is 3.50. The van der Waals surface area contributed by atoms with Gasteiger partial charge < -0.3 is 9.47 Å². The summed E-state index contributed by atoms with van der Waals surface area (Å²) in [6.45, 7) is 9.61. The molecule has 0 saturated carbocycles. The van der Waals surface area contributed by atoms with Crippen molar-refractivity contribution in [1.82, 2.24) is 0 Å². The van der Waals surface area contributed by atoms with Crippen LogP contribution in [-0.2, 0) is 11.2 Å². The molecule has 3 aromatic carbocycles. The lowest BCUT2D eigenvalue weighted by atomic mass is 9.97. The average molecular weight is 465 g/mol. The van der Waals surface area contributed by atoms with Crippen LogP contribution in [-0.4, -0.2) is 13.7 Å². The van der Waals surface area contributed by atoms with Crippen molar-refractivity contribution in [2.75, 3.05) is 13.7 Å². The number of ether oxygens (including phenoxy) is 2. The number of halogens is 3. The van der Waals surface area contributed by atoms with Crippen molar-refractivity contribution in [3.63, 3.8) is 0 Å². The van der Waals surface area contributed by atoms with Gasteiger partial charge in [-0.15, -0.1) is 0 Å². The highest BCUT2D eigenvalue weighted by molar-refractivity contribution is 5.72. The van der Waals surface area contributed by atoms with Crippen LogP contribution in [0.15, 0.2) is 97.1 Å². The van der Waals surface area contributed by atoms with E-state index in [9.17, 15) is 13.2 Å². The minimum absolute atomic E-state index is 0.175. The van der Waals surface area contributed by atoms with Crippen molar-refractivity contribution in [3.8, 4) is 28.0 Å². The summed E-state index contributed by atoms with van der Waals surface area (Å²) in [5.74, 6) is -1.39.